The van der Waals surface area contributed by atoms with Crippen molar-refractivity contribution in [2.45, 2.75) is 19.3 Å². The Labute approximate surface area is 123 Å². The summed E-state index contributed by atoms with van der Waals surface area (Å²) in [7, 11) is 0. The molecule has 0 fully saturated rings. The molecule has 2 aromatic rings. The van der Waals surface area contributed by atoms with Crippen molar-refractivity contribution in [3.63, 3.8) is 0 Å². The van der Waals surface area contributed by atoms with Crippen molar-refractivity contribution in [1.82, 2.24) is 9.88 Å². The molecule has 1 aliphatic rings. The van der Waals surface area contributed by atoms with Gasteiger partial charge in [0.1, 0.15) is 0 Å². The van der Waals surface area contributed by atoms with Crippen molar-refractivity contribution in [2.75, 3.05) is 6.54 Å². The lowest BCUT2D eigenvalue weighted by Gasteiger charge is -2.13. The largest absolute Gasteiger partial charge is 0.274 e. The highest BCUT2D eigenvalue weighted by molar-refractivity contribution is 6.21. The molecule has 21 heavy (non-hydrogen) atoms. The lowest BCUT2D eigenvalue weighted by atomic mass is 10.1. The number of aryl methyl sites for hydroxylation is 1. The number of unbranched alkanes of at least 4 members (excludes halogenated alkanes) is 1. The van der Waals surface area contributed by atoms with E-state index in [4.69, 9.17) is 0 Å². The Morgan fingerprint density at radius 1 is 0.905 bits per heavy atom. The van der Waals surface area contributed by atoms with Crippen LogP contribution in [0.5, 0.6) is 0 Å². The average Bonchev–Trinajstić information content (AvgIpc) is 2.77. The zero-order valence-electron chi connectivity index (χ0n) is 11.7. The summed E-state index contributed by atoms with van der Waals surface area (Å²) in [5, 5.41) is 0. The van der Waals surface area contributed by atoms with Gasteiger partial charge in [0.2, 0.25) is 0 Å². The van der Waals surface area contributed by atoms with Crippen LogP contribution in [0.4, 0.5) is 0 Å². The fourth-order valence-corrected chi connectivity index (χ4v) is 2.59. The van der Waals surface area contributed by atoms with Crippen LogP contribution < -0.4 is 0 Å². The number of amides is 2. The van der Waals surface area contributed by atoms with Crippen LogP contribution in [-0.2, 0) is 6.42 Å². The number of carbonyl (C=O) groups excluding carboxylic acids is 2. The number of benzene rings is 1. The van der Waals surface area contributed by atoms with E-state index in [1.807, 2.05) is 18.3 Å². The van der Waals surface area contributed by atoms with Gasteiger partial charge in [0.25, 0.3) is 11.8 Å². The molecule has 0 spiro atoms. The number of rotatable bonds is 5. The van der Waals surface area contributed by atoms with Crippen LogP contribution >= 0.6 is 0 Å². The number of imide groups is 1. The van der Waals surface area contributed by atoms with E-state index in [0.717, 1.165) is 19.3 Å². The Kier molecular flexibility index (Phi) is 3.77. The summed E-state index contributed by atoms with van der Waals surface area (Å²) < 4.78 is 0. The fourth-order valence-electron chi connectivity index (χ4n) is 2.59. The quantitative estimate of drug-likeness (QED) is 0.625. The molecule has 0 radical (unpaired) electrons. The van der Waals surface area contributed by atoms with Gasteiger partial charge in [-0.3, -0.25) is 19.5 Å². The van der Waals surface area contributed by atoms with E-state index < -0.39 is 0 Å². The van der Waals surface area contributed by atoms with E-state index in [9.17, 15) is 9.59 Å². The van der Waals surface area contributed by atoms with Crippen LogP contribution in [0, 0.1) is 0 Å². The Balaban J connectivity index is 1.55. The minimum Gasteiger partial charge on any atom is -0.274 e. The number of hydrogen-bond donors (Lipinski definition) is 0. The van der Waals surface area contributed by atoms with Gasteiger partial charge < -0.3 is 0 Å². The van der Waals surface area contributed by atoms with Gasteiger partial charge in [-0.05, 0) is 43.0 Å². The molecule has 0 bridgehead atoms. The van der Waals surface area contributed by atoms with E-state index in [-0.39, 0.29) is 11.8 Å². The van der Waals surface area contributed by atoms with Crippen LogP contribution in [0.15, 0.2) is 48.8 Å². The van der Waals surface area contributed by atoms with E-state index in [0.29, 0.717) is 17.7 Å². The highest BCUT2D eigenvalue weighted by Crippen LogP contribution is 2.22. The topological polar surface area (TPSA) is 50.3 Å². The summed E-state index contributed by atoms with van der Waals surface area (Å²) in [6, 6.07) is 11.0. The Morgan fingerprint density at radius 2 is 1.62 bits per heavy atom. The summed E-state index contributed by atoms with van der Waals surface area (Å²) in [4.78, 5) is 29.8. The number of carbonyl (C=O) groups is 2. The molecule has 0 saturated heterocycles. The maximum atomic E-state index is 12.2. The Bertz CT molecular complexity index is 633. The molecule has 0 N–H and O–H groups in total. The second-order valence-electron chi connectivity index (χ2n) is 5.13. The van der Waals surface area contributed by atoms with Crippen molar-refractivity contribution in [2.24, 2.45) is 0 Å². The number of pyridine rings is 1. The van der Waals surface area contributed by atoms with Crippen LogP contribution in [0.2, 0.25) is 0 Å². The number of hydrogen-bond acceptors (Lipinski definition) is 3. The normalized spacial score (nSPS) is 13.6. The number of fused-ring (bicyclic) bond motifs is 1. The second kappa shape index (κ2) is 5.87. The second-order valence-corrected chi connectivity index (χ2v) is 5.13. The third-order valence-electron chi connectivity index (χ3n) is 3.70. The zero-order valence-corrected chi connectivity index (χ0v) is 11.7. The SMILES string of the molecule is O=C1c2ccccc2C(=O)N1CCCCc1cccnc1. The summed E-state index contributed by atoms with van der Waals surface area (Å²) in [5.74, 6) is -0.339. The van der Waals surface area contributed by atoms with Crippen molar-refractivity contribution in [1.29, 1.82) is 0 Å². The molecule has 0 atom stereocenters. The van der Waals surface area contributed by atoms with Gasteiger partial charge in [-0.25, -0.2) is 0 Å². The van der Waals surface area contributed by atoms with Crippen molar-refractivity contribution in [3.8, 4) is 0 Å². The van der Waals surface area contributed by atoms with Gasteiger partial charge >= 0.3 is 0 Å². The van der Waals surface area contributed by atoms with Gasteiger partial charge in [0.05, 0.1) is 11.1 Å². The Hall–Kier alpha value is -2.49. The average molecular weight is 280 g/mol. The number of nitrogens with zero attached hydrogens (tertiary/aromatic N) is 2. The molecular weight excluding hydrogens is 264 g/mol. The third-order valence-corrected chi connectivity index (χ3v) is 3.70. The van der Waals surface area contributed by atoms with Gasteiger partial charge in [-0.1, -0.05) is 18.2 Å². The first-order chi connectivity index (χ1) is 10.3. The van der Waals surface area contributed by atoms with E-state index in [1.54, 1.807) is 30.5 Å². The van der Waals surface area contributed by atoms with Crippen LogP contribution in [-0.4, -0.2) is 28.2 Å². The highest BCUT2D eigenvalue weighted by atomic mass is 16.2. The minimum atomic E-state index is -0.169. The summed E-state index contributed by atoms with van der Waals surface area (Å²) >= 11 is 0. The molecule has 0 unspecified atom stereocenters. The summed E-state index contributed by atoms with van der Waals surface area (Å²) in [6.45, 7) is 0.479. The van der Waals surface area contributed by atoms with Crippen molar-refractivity contribution >= 4 is 11.8 Å². The van der Waals surface area contributed by atoms with Gasteiger partial charge in [-0.2, -0.15) is 0 Å². The van der Waals surface area contributed by atoms with E-state index >= 15 is 0 Å². The molecule has 106 valence electrons. The Morgan fingerprint density at radius 3 is 2.24 bits per heavy atom. The van der Waals surface area contributed by atoms with Gasteiger partial charge in [0.15, 0.2) is 0 Å². The monoisotopic (exact) mass is 280 g/mol. The summed E-state index contributed by atoms with van der Waals surface area (Å²) in [5.41, 5.74) is 2.23. The van der Waals surface area contributed by atoms with Crippen molar-refractivity contribution < 1.29 is 9.59 Å². The molecule has 1 aromatic heterocycles. The lowest BCUT2D eigenvalue weighted by molar-refractivity contribution is 0.0652. The lowest BCUT2D eigenvalue weighted by Crippen LogP contribution is -2.30. The first-order valence-electron chi connectivity index (χ1n) is 7.11. The number of aromatic nitrogens is 1. The maximum Gasteiger partial charge on any atom is 0.261 e. The highest BCUT2D eigenvalue weighted by Gasteiger charge is 2.34. The molecule has 0 aliphatic carbocycles. The maximum absolute atomic E-state index is 12.2. The predicted octanol–water partition coefficient (Wildman–Crippen LogP) is 2.70. The molecule has 0 saturated carbocycles. The molecule has 2 amide bonds. The molecule has 3 rings (SSSR count). The molecule has 1 aromatic carbocycles. The predicted molar refractivity (Wildman–Crippen MR) is 79.0 cm³/mol. The van der Waals surface area contributed by atoms with Crippen LogP contribution in [0.25, 0.3) is 0 Å². The van der Waals surface area contributed by atoms with E-state index in [2.05, 4.69) is 4.98 Å². The minimum absolute atomic E-state index is 0.169. The zero-order chi connectivity index (χ0) is 14.7. The standard InChI is InChI=1S/C17H16N2O2/c20-16-14-8-1-2-9-15(14)17(21)19(16)11-4-3-6-13-7-5-10-18-12-13/h1-2,5,7-10,12H,3-4,6,11H2. The smallest absolute Gasteiger partial charge is 0.261 e. The van der Waals surface area contributed by atoms with Crippen LogP contribution in [0.1, 0.15) is 39.1 Å². The third kappa shape index (κ3) is 2.70. The fraction of sp³-hybridized carbons (Fsp3) is 0.235. The van der Waals surface area contributed by atoms with Crippen LogP contribution in [0.3, 0.4) is 0 Å². The van der Waals surface area contributed by atoms with Crippen molar-refractivity contribution in [3.05, 3.63) is 65.5 Å². The molecule has 1 aliphatic heterocycles. The summed E-state index contributed by atoms with van der Waals surface area (Å²) in [6.07, 6.45) is 6.25. The molecule has 2 heterocycles. The molecule has 4 heteroatoms. The van der Waals surface area contributed by atoms with E-state index in [1.165, 1.54) is 10.5 Å². The van der Waals surface area contributed by atoms with Gasteiger partial charge in [0, 0.05) is 18.9 Å². The first-order valence-corrected chi connectivity index (χ1v) is 7.11. The molecule has 4 nitrogen and oxygen atoms in total. The van der Waals surface area contributed by atoms with Gasteiger partial charge in [-0.15, -0.1) is 0 Å². The molecular formula is C17H16N2O2. The first kappa shape index (κ1) is 13.5.